The third kappa shape index (κ3) is 6.60. The minimum Gasteiger partial charge on any atom is -0.353 e. The van der Waals surface area contributed by atoms with E-state index in [-0.39, 0.29) is 18.0 Å². The Kier molecular flexibility index (Phi) is 6.89. The summed E-state index contributed by atoms with van der Waals surface area (Å²) in [4.78, 5) is 11.8. The van der Waals surface area contributed by atoms with Crippen molar-refractivity contribution in [3.05, 3.63) is 34.9 Å². The molecule has 4 heteroatoms. The first-order chi connectivity index (χ1) is 9.01. The fraction of sp³-hybridized carbons (Fsp3) is 0.533. The molecule has 0 aliphatic carbocycles. The average Bonchev–Trinajstić information content (AvgIpc) is 2.32. The van der Waals surface area contributed by atoms with Crippen molar-refractivity contribution in [1.82, 2.24) is 10.6 Å². The van der Waals surface area contributed by atoms with Gasteiger partial charge in [0.25, 0.3) is 0 Å². The monoisotopic (exact) mass is 282 g/mol. The predicted octanol–water partition coefficient (Wildman–Crippen LogP) is 2.78. The van der Waals surface area contributed by atoms with Gasteiger partial charge in [0.2, 0.25) is 5.91 Å². The van der Waals surface area contributed by atoms with E-state index in [1.807, 2.05) is 45.0 Å². The van der Waals surface area contributed by atoms with Crippen molar-refractivity contribution in [2.75, 3.05) is 6.54 Å². The Balaban J connectivity index is 2.36. The van der Waals surface area contributed by atoms with Crippen LogP contribution in [0.4, 0.5) is 0 Å². The molecule has 106 valence electrons. The molecule has 2 atom stereocenters. The lowest BCUT2D eigenvalue weighted by Gasteiger charge is -2.16. The van der Waals surface area contributed by atoms with Gasteiger partial charge in [-0.1, -0.05) is 30.7 Å². The zero-order valence-electron chi connectivity index (χ0n) is 11.9. The third-order valence-electron chi connectivity index (χ3n) is 2.91. The number of benzene rings is 1. The molecule has 0 radical (unpaired) electrons. The van der Waals surface area contributed by atoms with Crippen LogP contribution in [0.1, 0.15) is 32.8 Å². The number of halogens is 1. The van der Waals surface area contributed by atoms with Crippen molar-refractivity contribution in [2.24, 2.45) is 0 Å². The number of rotatable bonds is 7. The molecular weight excluding hydrogens is 260 g/mol. The molecule has 0 aromatic heterocycles. The van der Waals surface area contributed by atoms with Gasteiger partial charge in [0.05, 0.1) is 0 Å². The summed E-state index contributed by atoms with van der Waals surface area (Å²) in [5, 5.41) is 6.99. The van der Waals surface area contributed by atoms with Crippen molar-refractivity contribution in [3.8, 4) is 0 Å². The normalized spacial score (nSPS) is 13.9. The molecule has 1 aromatic rings. The smallest absolute Gasteiger partial charge is 0.221 e. The summed E-state index contributed by atoms with van der Waals surface area (Å²) >= 11 is 5.84. The van der Waals surface area contributed by atoms with E-state index in [4.69, 9.17) is 11.6 Å². The minimum atomic E-state index is 0.0925. The quantitative estimate of drug-likeness (QED) is 0.807. The van der Waals surface area contributed by atoms with Gasteiger partial charge >= 0.3 is 0 Å². The molecule has 3 nitrogen and oxygen atoms in total. The molecule has 19 heavy (non-hydrogen) atoms. The maximum absolute atomic E-state index is 11.8. The molecule has 0 aliphatic heterocycles. The zero-order valence-corrected chi connectivity index (χ0v) is 12.6. The van der Waals surface area contributed by atoms with Crippen molar-refractivity contribution in [2.45, 2.75) is 45.7 Å². The summed E-state index contributed by atoms with van der Waals surface area (Å²) in [5.41, 5.74) is 1.18. The van der Waals surface area contributed by atoms with Crippen LogP contribution >= 0.6 is 11.6 Å². The van der Waals surface area contributed by atoms with Gasteiger partial charge in [-0.15, -0.1) is 0 Å². The van der Waals surface area contributed by atoms with Gasteiger partial charge in [-0.3, -0.25) is 4.79 Å². The van der Waals surface area contributed by atoms with E-state index in [0.717, 1.165) is 18.0 Å². The van der Waals surface area contributed by atoms with E-state index >= 15 is 0 Å². The molecule has 0 fully saturated rings. The van der Waals surface area contributed by atoms with E-state index in [9.17, 15) is 4.79 Å². The van der Waals surface area contributed by atoms with Crippen molar-refractivity contribution >= 4 is 17.5 Å². The first-order valence-corrected chi connectivity index (χ1v) is 7.16. The van der Waals surface area contributed by atoms with Crippen LogP contribution in [0.3, 0.4) is 0 Å². The number of hydrogen-bond acceptors (Lipinski definition) is 2. The topological polar surface area (TPSA) is 41.1 Å². The maximum atomic E-state index is 11.8. The van der Waals surface area contributed by atoms with E-state index in [2.05, 4.69) is 10.6 Å². The molecule has 0 spiro atoms. The molecule has 1 rings (SSSR count). The summed E-state index contributed by atoms with van der Waals surface area (Å²) in [7, 11) is 0. The van der Waals surface area contributed by atoms with Gasteiger partial charge in [0.1, 0.15) is 0 Å². The molecular formula is C15H23ClN2O. The van der Waals surface area contributed by atoms with Gasteiger partial charge in [-0.2, -0.15) is 0 Å². The fourth-order valence-electron chi connectivity index (χ4n) is 2.06. The molecule has 2 unspecified atom stereocenters. The van der Waals surface area contributed by atoms with Crippen molar-refractivity contribution in [1.29, 1.82) is 0 Å². The Morgan fingerprint density at radius 2 is 1.84 bits per heavy atom. The molecule has 2 N–H and O–H groups in total. The molecule has 0 bridgehead atoms. The van der Waals surface area contributed by atoms with E-state index in [1.54, 1.807) is 0 Å². The van der Waals surface area contributed by atoms with Gasteiger partial charge in [0.15, 0.2) is 0 Å². The molecule has 0 saturated carbocycles. The summed E-state index contributed by atoms with van der Waals surface area (Å²) < 4.78 is 0. The van der Waals surface area contributed by atoms with Crippen LogP contribution in [-0.4, -0.2) is 24.5 Å². The zero-order chi connectivity index (χ0) is 14.3. The third-order valence-corrected chi connectivity index (χ3v) is 3.16. The van der Waals surface area contributed by atoms with Crippen molar-refractivity contribution < 1.29 is 4.79 Å². The Morgan fingerprint density at radius 1 is 1.21 bits per heavy atom. The van der Waals surface area contributed by atoms with Crippen LogP contribution in [0.2, 0.25) is 5.02 Å². The highest BCUT2D eigenvalue weighted by Gasteiger charge is 2.11. The van der Waals surface area contributed by atoms with Crippen molar-refractivity contribution in [3.63, 3.8) is 0 Å². The largest absolute Gasteiger partial charge is 0.353 e. The second-order valence-electron chi connectivity index (χ2n) is 4.96. The standard InChI is InChI=1S/C15H23ClN2O/c1-4-17-11(2)10-15(19)18-12(3)9-13-5-7-14(16)8-6-13/h5-8,11-12,17H,4,9-10H2,1-3H3,(H,18,19). The lowest BCUT2D eigenvalue weighted by molar-refractivity contribution is -0.122. The van der Waals surface area contributed by atoms with E-state index in [0.29, 0.717) is 6.42 Å². The van der Waals surface area contributed by atoms with Gasteiger partial charge in [-0.25, -0.2) is 0 Å². The second-order valence-corrected chi connectivity index (χ2v) is 5.40. The van der Waals surface area contributed by atoms with Gasteiger partial charge in [0, 0.05) is 23.5 Å². The summed E-state index contributed by atoms with van der Waals surface area (Å²) in [6.07, 6.45) is 1.33. The number of hydrogen-bond donors (Lipinski definition) is 2. The van der Waals surface area contributed by atoms with E-state index < -0.39 is 0 Å². The van der Waals surface area contributed by atoms with Crippen LogP contribution in [-0.2, 0) is 11.2 Å². The summed E-state index contributed by atoms with van der Waals surface area (Å²) in [6, 6.07) is 8.07. The van der Waals surface area contributed by atoms with Crippen LogP contribution < -0.4 is 10.6 Å². The number of carbonyl (C=O) groups is 1. The minimum absolute atomic E-state index is 0.0925. The van der Waals surface area contributed by atoms with Crippen LogP contribution in [0.15, 0.2) is 24.3 Å². The summed E-state index contributed by atoms with van der Waals surface area (Å²) in [6.45, 7) is 6.96. The number of nitrogens with one attached hydrogen (secondary N) is 2. The molecule has 1 aromatic carbocycles. The lowest BCUT2D eigenvalue weighted by Crippen LogP contribution is -2.38. The number of amides is 1. The van der Waals surface area contributed by atoms with Gasteiger partial charge < -0.3 is 10.6 Å². The molecule has 0 saturated heterocycles. The summed E-state index contributed by atoms with van der Waals surface area (Å²) in [5.74, 6) is 0.0925. The highest BCUT2D eigenvalue weighted by atomic mass is 35.5. The van der Waals surface area contributed by atoms with Crippen LogP contribution in [0.25, 0.3) is 0 Å². The Hall–Kier alpha value is -1.06. The maximum Gasteiger partial charge on any atom is 0.221 e. The van der Waals surface area contributed by atoms with Crippen LogP contribution in [0, 0.1) is 0 Å². The molecule has 0 aliphatic rings. The first-order valence-electron chi connectivity index (χ1n) is 6.78. The predicted molar refractivity (Wildman–Crippen MR) is 80.5 cm³/mol. The second kappa shape index (κ2) is 8.18. The van der Waals surface area contributed by atoms with Gasteiger partial charge in [-0.05, 0) is 44.5 Å². The highest BCUT2D eigenvalue weighted by molar-refractivity contribution is 6.30. The van der Waals surface area contributed by atoms with E-state index in [1.165, 1.54) is 5.56 Å². The molecule has 0 heterocycles. The average molecular weight is 283 g/mol. The Morgan fingerprint density at radius 3 is 2.42 bits per heavy atom. The first kappa shape index (κ1) is 16.0. The molecule has 1 amide bonds. The Bertz CT molecular complexity index is 392. The lowest BCUT2D eigenvalue weighted by atomic mass is 10.1. The highest BCUT2D eigenvalue weighted by Crippen LogP contribution is 2.11. The fourth-order valence-corrected chi connectivity index (χ4v) is 2.18. The number of carbonyl (C=O) groups excluding carboxylic acids is 1. The Labute approximate surface area is 120 Å². The SMILES string of the molecule is CCNC(C)CC(=O)NC(C)Cc1ccc(Cl)cc1. The van der Waals surface area contributed by atoms with Crippen LogP contribution in [0.5, 0.6) is 0 Å².